The van der Waals surface area contributed by atoms with Gasteiger partial charge in [0.1, 0.15) is 6.10 Å². The zero-order chi connectivity index (χ0) is 40.3. The second-order valence-corrected chi connectivity index (χ2v) is 22.0. The van der Waals surface area contributed by atoms with E-state index in [2.05, 4.69) is 93.6 Å². The standard InChI is InChI=1S/C49H77N3O4/c1-34(2)36-17-22-49(33-50-25-26-51-27-29-52(30-28-51)32-35-13-11-10-12-14-35)24-23-47(8)37(42(36)49)15-16-39-46(7)20-19-40(56-41(53)31-44(3,4)43(54)55)45(5,6)38(46)18-21-48(39,47)9/h10-14,36-40,42,50H,1,15-33H2,2-9H3,(H,54,55)/t36-,37+,38-,39+,40-,42+,46-,47+,48+,49+/m0/s1. The number of carbonyl (C=O) groups excluding carboxylic acids is 1. The van der Waals surface area contributed by atoms with Crippen LogP contribution in [-0.2, 0) is 20.9 Å². The second kappa shape index (κ2) is 15.4. The zero-order valence-electron chi connectivity index (χ0n) is 36.6. The van der Waals surface area contributed by atoms with Crippen molar-refractivity contribution in [2.45, 2.75) is 139 Å². The number of nitrogens with zero attached hydrogens (tertiary/aromatic N) is 2. The van der Waals surface area contributed by atoms with Gasteiger partial charge in [0.25, 0.3) is 0 Å². The molecule has 1 aliphatic heterocycles. The van der Waals surface area contributed by atoms with Crippen LogP contribution in [0.25, 0.3) is 0 Å². The van der Waals surface area contributed by atoms with Crippen molar-refractivity contribution in [2.24, 2.45) is 62.1 Å². The van der Waals surface area contributed by atoms with E-state index in [9.17, 15) is 14.7 Å². The van der Waals surface area contributed by atoms with Crippen LogP contribution in [0.15, 0.2) is 42.5 Å². The number of allylic oxidation sites excluding steroid dienone is 1. The van der Waals surface area contributed by atoms with Gasteiger partial charge in [-0.05, 0) is 142 Å². The first-order valence-electron chi connectivity index (χ1n) is 22.6. The van der Waals surface area contributed by atoms with Crippen LogP contribution in [-0.4, -0.2) is 78.8 Å². The SMILES string of the molecule is C=C(C)[C@@H]1CC[C@]2(CNCCN3CCN(Cc4ccccc4)CC3)CC[C@]3(C)[C@H](CC[C@@H]4[C@@]5(C)CC[C@H](OC(=O)CC(C)(C)C(=O)O)C(C)(C)[C@@H]5CC[C@]43C)[C@@H]12. The Morgan fingerprint density at radius 1 is 0.857 bits per heavy atom. The van der Waals surface area contributed by atoms with Gasteiger partial charge in [0.05, 0.1) is 11.8 Å². The highest BCUT2D eigenvalue weighted by Crippen LogP contribution is 2.77. The first-order chi connectivity index (χ1) is 26.4. The fraction of sp³-hybridized carbons (Fsp3) is 0.796. The molecule has 1 aromatic carbocycles. The molecule has 6 fully saturated rings. The molecule has 0 amide bonds. The largest absolute Gasteiger partial charge is 0.481 e. The number of carboxylic acid groups (broad SMARTS) is 1. The number of piperazine rings is 1. The molecule has 0 unspecified atom stereocenters. The van der Waals surface area contributed by atoms with Crippen molar-refractivity contribution in [3.8, 4) is 0 Å². The van der Waals surface area contributed by atoms with Gasteiger partial charge in [-0.1, -0.05) is 77.1 Å². The number of esters is 1. The molecule has 10 atom stereocenters. The van der Waals surface area contributed by atoms with Gasteiger partial charge in [-0.25, -0.2) is 0 Å². The number of rotatable bonds is 12. The number of carboxylic acids is 1. The van der Waals surface area contributed by atoms with Gasteiger partial charge in [0, 0.05) is 57.8 Å². The Labute approximate surface area is 340 Å². The topological polar surface area (TPSA) is 82.1 Å². The molecular formula is C49H77N3O4. The fourth-order valence-corrected chi connectivity index (χ4v) is 15.0. The van der Waals surface area contributed by atoms with Crippen LogP contribution < -0.4 is 5.32 Å². The first-order valence-corrected chi connectivity index (χ1v) is 22.6. The third kappa shape index (κ3) is 7.24. The van der Waals surface area contributed by atoms with Gasteiger partial charge in [-0.15, -0.1) is 0 Å². The lowest BCUT2D eigenvalue weighted by Crippen LogP contribution is -2.67. The summed E-state index contributed by atoms with van der Waals surface area (Å²) in [6.45, 7) is 32.0. The summed E-state index contributed by atoms with van der Waals surface area (Å²) in [6, 6.07) is 10.9. The predicted molar refractivity (Wildman–Crippen MR) is 226 cm³/mol. The van der Waals surface area contributed by atoms with E-state index < -0.39 is 11.4 Å². The highest BCUT2D eigenvalue weighted by molar-refractivity contribution is 5.81. The molecule has 312 valence electrons. The molecule has 7 rings (SSSR count). The van der Waals surface area contributed by atoms with Crippen LogP contribution >= 0.6 is 0 Å². The summed E-state index contributed by atoms with van der Waals surface area (Å²) in [5.41, 5.74) is 2.68. The molecule has 5 saturated carbocycles. The Hall–Kier alpha value is -2.22. The Morgan fingerprint density at radius 3 is 2.23 bits per heavy atom. The molecule has 7 heteroatoms. The molecule has 1 saturated heterocycles. The van der Waals surface area contributed by atoms with Crippen molar-refractivity contribution in [2.75, 3.05) is 45.8 Å². The van der Waals surface area contributed by atoms with Crippen molar-refractivity contribution < 1.29 is 19.4 Å². The lowest BCUT2D eigenvalue weighted by atomic mass is 9.32. The number of hydrogen-bond donors (Lipinski definition) is 2. The average Bonchev–Trinajstić information content (AvgIpc) is 3.53. The smallest absolute Gasteiger partial charge is 0.309 e. The third-order valence-corrected chi connectivity index (χ3v) is 18.4. The van der Waals surface area contributed by atoms with E-state index in [4.69, 9.17) is 4.74 Å². The summed E-state index contributed by atoms with van der Waals surface area (Å²) in [6.07, 6.45) is 12.0. The molecule has 2 N–H and O–H groups in total. The van der Waals surface area contributed by atoms with Gasteiger partial charge < -0.3 is 15.2 Å². The molecule has 1 aromatic rings. The van der Waals surface area contributed by atoms with Crippen LogP contribution in [0.4, 0.5) is 0 Å². The molecule has 5 aliphatic carbocycles. The van der Waals surface area contributed by atoms with Crippen molar-refractivity contribution in [1.82, 2.24) is 15.1 Å². The van der Waals surface area contributed by atoms with Crippen molar-refractivity contribution in [1.29, 1.82) is 0 Å². The second-order valence-electron chi connectivity index (χ2n) is 22.0. The molecule has 0 radical (unpaired) electrons. The summed E-state index contributed by atoms with van der Waals surface area (Å²) in [7, 11) is 0. The zero-order valence-corrected chi connectivity index (χ0v) is 36.6. The highest BCUT2D eigenvalue weighted by atomic mass is 16.5. The van der Waals surface area contributed by atoms with E-state index in [1.54, 1.807) is 13.8 Å². The van der Waals surface area contributed by atoms with Crippen LogP contribution in [0, 0.1) is 62.1 Å². The fourth-order valence-electron chi connectivity index (χ4n) is 15.0. The molecule has 0 bridgehead atoms. The number of benzene rings is 1. The van der Waals surface area contributed by atoms with Crippen molar-refractivity contribution in [3.63, 3.8) is 0 Å². The number of fused-ring (bicyclic) bond motifs is 7. The Kier molecular flexibility index (Phi) is 11.5. The van der Waals surface area contributed by atoms with E-state index in [1.165, 1.54) is 62.5 Å². The quantitative estimate of drug-likeness (QED) is 0.125. The Morgan fingerprint density at radius 2 is 1.55 bits per heavy atom. The minimum absolute atomic E-state index is 0.0898. The summed E-state index contributed by atoms with van der Waals surface area (Å²) < 4.78 is 6.22. The van der Waals surface area contributed by atoms with Gasteiger partial charge >= 0.3 is 11.9 Å². The Balaban J connectivity index is 1.01. The average molecular weight is 772 g/mol. The van der Waals surface area contributed by atoms with Crippen LogP contribution in [0.2, 0.25) is 0 Å². The molecule has 1 heterocycles. The summed E-state index contributed by atoms with van der Waals surface area (Å²) in [5.74, 6) is 1.86. The maximum absolute atomic E-state index is 13.1. The number of nitrogens with one attached hydrogen (secondary N) is 1. The van der Waals surface area contributed by atoms with Crippen LogP contribution in [0.3, 0.4) is 0 Å². The Bertz CT molecular complexity index is 1600. The maximum atomic E-state index is 13.1. The molecule has 56 heavy (non-hydrogen) atoms. The van der Waals surface area contributed by atoms with Gasteiger partial charge in [0.15, 0.2) is 0 Å². The predicted octanol–water partition coefficient (Wildman–Crippen LogP) is 9.46. The van der Waals surface area contributed by atoms with E-state index in [1.807, 2.05) is 0 Å². The minimum atomic E-state index is -1.12. The molecule has 0 aromatic heterocycles. The number of carbonyl (C=O) groups is 2. The van der Waals surface area contributed by atoms with Crippen LogP contribution in [0.1, 0.15) is 132 Å². The van der Waals surface area contributed by atoms with Gasteiger partial charge in [-0.3, -0.25) is 19.4 Å². The maximum Gasteiger partial charge on any atom is 0.309 e. The number of ether oxygens (including phenoxy) is 1. The summed E-state index contributed by atoms with van der Waals surface area (Å²) in [4.78, 5) is 30.2. The third-order valence-electron chi connectivity index (χ3n) is 18.4. The molecule has 6 aliphatic rings. The normalized spacial score (nSPS) is 39.8. The minimum Gasteiger partial charge on any atom is -0.481 e. The molecular weight excluding hydrogens is 695 g/mol. The number of hydrogen-bond acceptors (Lipinski definition) is 6. The van der Waals surface area contributed by atoms with E-state index in [0.717, 1.165) is 71.1 Å². The van der Waals surface area contributed by atoms with Crippen LogP contribution in [0.5, 0.6) is 0 Å². The van der Waals surface area contributed by atoms with Gasteiger partial charge in [-0.2, -0.15) is 0 Å². The first kappa shape index (κ1) is 41.9. The highest BCUT2D eigenvalue weighted by Gasteiger charge is 2.71. The van der Waals surface area contributed by atoms with Crippen molar-refractivity contribution >= 4 is 11.9 Å². The van der Waals surface area contributed by atoms with Crippen molar-refractivity contribution in [3.05, 3.63) is 48.0 Å². The van der Waals surface area contributed by atoms with E-state index >= 15 is 0 Å². The monoisotopic (exact) mass is 772 g/mol. The molecule has 0 spiro atoms. The van der Waals surface area contributed by atoms with E-state index in [-0.39, 0.29) is 34.7 Å². The lowest BCUT2D eigenvalue weighted by molar-refractivity contribution is -0.250. The lowest BCUT2D eigenvalue weighted by Gasteiger charge is -2.73. The number of aliphatic carboxylic acids is 1. The summed E-state index contributed by atoms with van der Waals surface area (Å²) >= 11 is 0. The summed E-state index contributed by atoms with van der Waals surface area (Å²) in [5, 5.41) is 13.7. The molecule has 7 nitrogen and oxygen atoms in total. The van der Waals surface area contributed by atoms with Gasteiger partial charge in [0.2, 0.25) is 0 Å². The van der Waals surface area contributed by atoms with E-state index in [0.29, 0.717) is 34.5 Å².